The van der Waals surface area contributed by atoms with Gasteiger partial charge in [-0.3, -0.25) is 14.9 Å². The van der Waals surface area contributed by atoms with E-state index in [-0.39, 0.29) is 17.5 Å². The monoisotopic (exact) mass is 412 g/mol. The van der Waals surface area contributed by atoms with Gasteiger partial charge in [0.2, 0.25) is 0 Å². The lowest BCUT2D eigenvalue weighted by Crippen LogP contribution is -2.35. The van der Waals surface area contributed by atoms with Crippen LogP contribution in [0.2, 0.25) is 0 Å². The number of amides is 2. The molecule has 3 aromatic rings. The van der Waals surface area contributed by atoms with Gasteiger partial charge in [-0.15, -0.1) is 0 Å². The lowest BCUT2D eigenvalue weighted by molar-refractivity contribution is 0.0736. The van der Waals surface area contributed by atoms with Crippen LogP contribution in [0, 0.1) is 6.92 Å². The van der Waals surface area contributed by atoms with E-state index in [9.17, 15) is 9.59 Å². The molecule has 0 unspecified atom stereocenters. The van der Waals surface area contributed by atoms with Gasteiger partial charge in [0, 0.05) is 29.5 Å². The molecular weight excluding hydrogens is 392 g/mol. The highest BCUT2D eigenvalue weighted by molar-refractivity contribution is 7.15. The predicted molar refractivity (Wildman–Crippen MR) is 107 cm³/mol. The quantitative estimate of drug-likeness (QED) is 0.691. The Kier molecular flexibility index (Phi) is 5.30. The van der Waals surface area contributed by atoms with E-state index in [1.165, 1.54) is 11.3 Å². The zero-order valence-electron chi connectivity index (χ0n) is 16.1. The Morgan fingerprint density at radius 3 is 2.79 bits per heavy atom. The summed E-state index contributed by atoms with van der Waals surface area (Å²) in [7, 11) is 0. The van der Waals surface area contributed by atoms with E-state index in [4.69, 9.17) is 9.26 Å². The summed E-state index contributed by atoms with van der Waals surface area (Å²) in [5.74, 6) is 0.915. The number of fused-ring (bicyclic) bond motifs is 1. The Balaban J connectivity index is 1.43. The Hall–Kier alpha value is -3.20. The van der Waals surface area contributed by atoms with E-state index in [1.807, 2.05) is 6.92 Å². The minimum atomic E-state index is -0.365. The third kappa shape index (κ3) is 4.14. The van der Waals surface area contributed by atoms with E-state index >= 15 is 0 Å². The molecule has 0 aliphatic carbocycles. The Morgan fingerprint density at radius 2 is 2.10 bits per heavy atom. The number of benzene rings is 1. The normalized spacial score (nSPS) is 13.1. The molecule has 1 aliphatic heterocycles. The number of ether oxygens (including phenoxy) is 1. The van der Waals surface area contributed by atoms with Gasteiger partial charge in [-0.2, -0.15) is 0 Å². The lowest BCUT2D eigenvalue weighted by atomic mass is 10.1. The number of aromatic nitrogens is 2. The smallest absolute Gasteiger partial charge is 0.279 e. The highest BCUT2D eigenvalue weighted by Crippen LogP contribution is 2.29. The van der Waals surface area contributed by atoms with Crippen LogP contribution < -0.4 is 10.1 Å². The fraction of sp³-hybridized carbons (Fsp3) is 0.300. The summed E-state index contributed by atoms with van der Waals surface area (Å²) in [4.78, 5) is 32.3. The van der Waals surface area contributed by atoms with Gasteiger partial charge in [0.05, 0.1) is 18.8 Å². The Bertz CT molecular complexity index is 1040. The number of hydrogen-bond donors (Lipinski definition) is 1. The van der Waals surface area contributed by atoms with Crippen molar-refractivity contribution in [2.75, 3.05) is 18.5 Å². The Morgan fingerprint density at radius 1 is 1.31 bits per heavy atom. The minimum absolute atomic E-state index is 0.0317. The van der Waals surface area contributed by atoms with Crippen LogP contribution in [0.5, 0.6) is 5.75 Å². The second kappa shape index (κ2) is 8.04. The molecule has 4 rings (SSSR count). The SMILES string of the molecule is CCOc1ccc(C(=O)N2CCc3nc(NC(=O)c4cc(C)on4)sc3C2)cc1. The predicted octanol–water partition coefficient (Wildman–Crippen LogP) is 3.29. The molecule has 3 heterocycles. The number of nitrogens with zero attached hydrogens (tertiary/aromatic N) is 3. The van der Waals surface area contributed by atoms with Crippen LogP contribution in [0.4, 0.5) is 5.13 Å². The highest BCUT2D eigenvalue weighted by Gasteiger charge is 2.25. The molecule has 9 heteroatoms. The molecule has 8 nitrogen and oxygen atoms in total. The molecule has 2 aromatic heterocycles. The van der Waals surface area contributed by atoms with Crippen molar-refractivity contribution in [2.24, 2.45) is 0 Å². The minimum Gasteiger partial charge on any atom is -0.494 e. The van der Waals surface area contributed by atoms with Crippen molar-refractivity contribution >= 4 is 28.3 Å². The maximum absolute atomic E-state index is 12.8. The van der Waals surface area contributed by atoms with Gasteiger partial charge >= 0.3 is 0 Å². The maximum Gasteiger partial charge on any atom is 0.279 e. The van der Waals surface area contributed by atoms with Gasteiger partial charge in [0.15, 0.2) is 10.8 Å². The maximum atomic E-state index is 12.8. The van der Waals surface area contributed by atoms with Crippen molar-refractivity contribution in [1.29, 1.82) is 0 Å². The standard InChI is InChI=1S/C20H20N4O4S/c1-3-27-14-6-4-13(5-7-14)19(26)24-9-8-15-17(11-24)29-20(21-15)22-18(25)16-10-12(2)28-23-16/h4-7,10H,3,8-9,11H2,1-2H3,(H,21,22,25). The molecule has 0 spiro atoms. The summed E-state index contributed by atoms with van der Waals surface area (Å²) in [5.41, 5.74) is 1.75. The summed E-state index contributed by atoms with van der Waals surface area (Å²) >= 11 is 1.38. The van der Waals surface area contributed by atoms with Gasteiger partial charge in [-0.05, 0) is 38.1 Å². The number of nitrogens with one attached hydrogen (secondary N) is 1. The third-order valence-electron chi connectivity index (χ3n) is 4.51. The fourth-order valence-corrected chi connectivity index (χ4v) is 4.12. The number of carbonyl (C=O) groups is 2. The number of thiazole rings is 1. The van der Waals surface area contributed by atoms with Crippen LogP contribution in [0.1, 0.15) is 44.1 Å². The summed E-state index contributed by atoms with van der Waals surface area (Å²) in [5, 5.41) is 6.96. The number of aryl methyl sites for hydroxylation is 1. The van der Waals surface area contributed by atoms with Crippen molar-refractivity contribution in [3.8, 4) is 5.75 Å². The van der Waals surface area contributed by atoms with Gasteiger partial charge in [0.1, 0.15) is 11.5 Å². The summed E-state index contributed by atoms with van der Waals surface area (Å²) < 4.78 is 10.4. The van der Waals surface area contributed by atoms with Crippen molar-refractivity contribution in [3.63, 3.8) is 0 Å². The van der Waals surface area contributed by atoms with Crippen molar-refractivity contribution in [2.45, 2.75) is 26.8 Å². The van der Waals surface area contributed by atoms with Crippen LogP contribution in [-0.4, -0.2) is 40.0 Å². The molecule has 0 fully saturated rings. The van der Waals surface area contributed by atoms with Crippen LogP contribution in [0.25, 0.3) is 0 Å². The Labute approximate surface area is 171 Å². The molecule has 0 saturated heterocycles. The van der Waals surface area contributed by atoms with Gasteiger partial charge < -0.3 is 14.2 Å². The van der Waals surface area contributed by atoms with E-state index < -0.39 is 0 Å². The van der Waals surface area contributed by atoms with Crippen molar-refractivity contribution < 1.29 is 18.8 Å². The van der Waals surface area contributed by atoms with E-state index in [2.05, 4.69) is 15.5 Å². The van der Waals surface area contributed by atoms with Crippen LogP contribution in [-0.2, 0) is 13.0 Å². The molecule has 150 valence electrons. The van der Waals surface area contributed by atoms with Crippen molar-refractivity contribution in [3.05, 3.63) is 57.9 Å². The van der Waals surface area contributed by atoms with Crippen LogP contribution in [0.15, 0.2) is 34.9 Å². The molecule has 0 bridgehead atoms. The first-order valence-corrected chi connectivity index (χ1v) is 10.1. The topological polar surface area (TPSA) is 97.6 Å². The number of anilines is 1. The molecule has 0 saturated carbocycles. The van der Waals surface area contributed by atoms with Crippen molar-refractivity contribution in [1.82, 2.24) is 15.0 Å². The molecule has 0 radical (unpaired) electrons. The molecule has 1 aromatic carbocycles. The van der Waals surface area contributed by atoms with E-state index in [1.54, 1.807) is 42.2 Å². The fourth-order valence-electron chi connectivity index (χ4n) is 3.10. The largest absolute Gasteiger partial charge is 0.494 e. The van der Waals surface area contributed by atoms with Crippen LogP contribution in [0.3, 0.4) is 0 Å². The van der Waals surface area contributed by atoms with E-state index in [0.29, 0.717) is 42.6 Å². The highest BCUT2D eigenvalue weighted by atomic mass is 32.1. The molecular formula is C20H20N4O4S. The molecule has 29 heavy (non-hydrogen) atoms. The van der Waals surface area contributed by atoms with Crippen LogP contribution >= 0.6 is 11.3 Å². The second-order valence-corrected chi connectivity index (χ2v) is 7.68. The first-order chi connectivity index (χ1) is 14.0. The molecule has 2 amide bonds. The third-order valence-corrected chi connectivity index (χ3v) is 5.51. The summed E-state index contributed by atoms with van der Waals surface area (Å²) in [6, 6.07) is 8.73. The first-order valence-electron chi connectivity index (χ1n) is 9.29. The second-order valence-electron chi connectivity index (χ2n) is 6.60. The zero-order valence-corrected chi connectivity index (χ0v) is 16.9. The molecule has 1 N–H and O–H groups in total. The number of rotatable bonds is 5. The average molecular weight is 412 g/mol. The van der Waals surface area contributed by atoms with E-state index in [0.717, 1.165) is 16.3 Å². The molecule has 1 aliphatic rings. The number of carbonyl (C=O) groups excluding carboxylic acids is 2. The zero-order chi connectivity index (χ0) is 20.4. The molecule has 0 atom stereocenters. The lowest BCUT2D eigenvalue weighted by Gasteiger charge is -2.26. The summed E-state index contributed by atoms with van der Waals surface area (Å²) in [6.45, 7) is 5.28. The number of hydrogen-bond acceptors (Lipinski definition) is 7. The average Bonchev–Trinajstić information content (AvgIpc) is 3.33. The first kappa shape index (κ1) is 19.1. The van der Waals surface area contributed by atoms with Gasteiger partial charge in [-0.25, -0.2) is 4.98 Å². The van der Waals surface area contributed by atoms with Gasteiger partial charge in [-0.1, -0.05) is 16.5 Å². The summed E-state index contributed by atoms with van der Waals surface area (Å²) in [6.07, 6.45) is 0.646. The van der Waals surface area contributed by atoms with Gasteiger partial charge in [0.25, 0.3) is 11.8 Å².